The molecule has 2 heterocycles. The van der Waals surface area contributed by atoms with Gasteiger partial charge in [0, 0.05) is 0 Å². The lowest BCUT2D eigenvalue weighted by molar-refractivity contribution is -0.0550. The van der Waals surface area contributed by atoms with Gasteiger partial charge in [0.15, 0.2) is 5.66 Å². The number of nitrogens with two attached hydrogens (primary N) is 2. The summed E-state index contributed by atoms with van der Waals surface area (Å²) in [5, 5.41) is 2.83. The zero-order chi connectivity index (χ0) is 31.2. The monoisotopic (exact) mass is 590 g/mol. The molecule has 2 aliphatic heterocycles. The summed E-state index contributed by atoms with van der Waals surface area (Å²) in [5.74, 6) is -2.43. The number of carbonyl (C=O) groups excluding carboxylic acids is 4. The van der Waals surface area contributed by atoms with Gasteiger partial charge in [0.05, 0.1) is 22.3 Å². The van der Waals surface area contributed by atoms with Crippen molar-refractivity contribution in [3.8, 4) is 0 Å². The van der Waals surface area contributed by atoms with Gasteiger partial charge >= 0.3 is 0 Å². The number of benzene rings is 4. The molecule has 4 N–H and O–H groups in total. The Balaban J connectivity index is 1.59. The smallest absolute Gasteiger partial charge is 0.264 e. The highest BCUT2D eigenvalue weighted by molar-refractivity contribution is 6.30. The summed E-state index contributed by atoms with van der Waals surface area (Å²) in [5.41, 5.74) is 11.2. The average Bonchev–Trinajstić information content (AvgIpc) is 3.44. The number of rotatable bonds is 11. The number of nitrogens with zero attached hydrogens (tertiary/aromatic N) is 2. The minimum absolute atomic E-state index is 0.0660. The van der Waals surface area contributed by atoms with Crippen molar-refractivity contribution in [1.82, 2.24) is 9.80 Å². The molecule has 8 nitrogen and oxygen atoms in total. The molecule has 44 heavy (non-hydrogen) atoms. The van der Waals surface area contributed by atoms with Crippen LogP contribution in [0.5, 0.6) is 0 Å². The lowest BCUT2D eigenvalue weighted by atomic mass is 9.81. The van der Waals surface area contributed by atoms with E-state index in [-0.39, 0.29) is 35.1 Å². The maximum atomic E-state index is 14.7. The molecule has 0 unspecified atom stereocenters. The summed E-state index contributed by atoms with van der Waals surface area (Å²) in [7, 11) is 0. The van der Waals surface area contributed by atoms with E-state index in [0.29, 0.717) is 23.6 Å². The van der Waals surface area contributed by atoms with Crippen LogP contribution in [-0.2, 0) is 0 Å². The maximum Gasteiger partial charge on any atom is 0.264 e. The molecule has 0 atom stereocenters. The van der Waals surface area contributed by atoms with Crippen molar-refractivity contribution >= 4 is 45.2 Å². The van der Waals surface area contributed by atoms with Gasteiger partial charge in [-0.15, -0.1) is 0 Å². The molecule has 0 saturated heterocycles. The van der Waals surface area contributed by atoms with Crippen LogP contribution >= 0.6 is 0 Å². The van der Waals surface area contributed by atoms with E-state index in [1.54, 1.807) is 36.4 Å². The van der Waals surface area contributed by atoms with Gasteiger partial charge in [0.25, 0.3) is 23.6 Å². The molecule has 0 saturated carbocycles. The third kappa shape index (κ3) is 4.27. The fraction of sp³-hybridized carbons (Fsp3) is 0.333. The van der Waals surface area contributed by atoms with Crippen molar-refractivity contribution in [3.63, 3.8) is 0 Å². The van der Waals surface area contributed by atoms with Gasteiger partial charge in [-0.3, -0.25) is 19.2 Å². The Bertz CT molecular complexity index is 1710. The first-order valence-electron chi connectivity index (χ1n) is 15.6. The summed E-state index contributed by atoms with van der Waals surface area (Å²) in [6.45, 7) is 4.01. The van der Waals surface area contributed by atoms with Crippen LogP contribution in [0.4, 0.5) is 0 Å². The molecule has 0 fully saturated rings. The van der Waals surface area contributed by atoms with Crippen LogP contribution in [-0.4, -0.2) is 44.8 Å². The molecule has 0 aromatic heterocycles. The van der Waals surface area contributed by atoms with E-state index < -0.39 is 35.0 Å². The zero-order valence-corrected chi connectivity index (χ0v) is 25.3. The molecule has 0 radical (unpaired) electrons. The molecule has 0 spiro atoms. The summed E-state index contributed by atoms with van der Waals surface area (Å²) in [4.78, 5) is 60.4. The molecule has 226 valence electrons. The van der Waals surface area contributed by atoms with Crippen molar-refractivity contribution in [2.45, 2.75) is 76.5 Å². The van der Waals surface area contributed by atoms with Crippen LogP contribution in [0, 0.1) is 0 Å². The van der Waals surface area contributed by atoms with Crippen molar-refractivity contribution in [2.24, 2.45) is 11.5 Å². The lowest BCUT2D eigenvalue weighted by Crippen LogP contribution is -2.81. The minimum Gasteiger partial charge on any atom is -0.310 e. The molecule has 4 aromatic rings. The maximum absolute atomic E-state index is 14.7. The van der Waals surface area contributed by atoms with E-state index in [0.717, 1.165) is 46.3 Å². The number of fused-ring (bicyclic) bond motifs is 6. The van der Waals surface area contributed by atoms with Gasteiger partial charge in [-0.05, 0) is 52.9 Å². The number of carbonyl (C=O) groups is 4. The Hall–Kier alpha value is -4.40. The van der Waals surface area contributed by atoms with E-state index in [1.807, 2.05) is 43.3 Å². The average molecular weight is 591 g/mol. The molecule has 2 aliphatic rings. The fourth-order valence-corrected chi connectivity index (χ4v) is 7.24. The first kappa shape index (κ1) is 29.7. The summed E-state index contributed by atoms with van der Waals surface area (Å²) in [6.07, 6.45) is 4.94. The SMILES string of the molecule is CCCCCCCC(N1C(=O)c2ccc3ccccc3c2C1=O)(N1C(=O)c2ccc3ccccc3c2C1=O)C(N)(N)CCC. The lowest BCUT2D eigenvalue weighted by Gasteiger charge is -2.54. The largest absolute Gasteiger partial charge is 0.310 e. The number of unbranched alkanes of at least 4 members (excludes halogenated alkanes) is 4. The van der Waals surface area contributed by atoms with Crippen molar-refractivity contribution < 1.29 is 19.2 Å². The molecule has 4 aromatic carbocycles. The van der Waals surface area contributed by atoms with Crippen molar-refractivity contribution in [3.05, 3.63) is 95.1 Å². The predicted molar refractivity (Wildman–Crippen MR) is 171 cm³/mol. The van der Waals surface area contributed by atoms with Gasteiger partial charge in [0.2, 0.25) is 0 Å². The van der Waals surface area contributed by atoms with Crippen LogP contribution in [0.1, 0.15) is 107 Å². The molecule has 6 rings (SSSR count). The third-order valence-electron chi connectivity index (χ3n) is 9.34. The standard InChI is InChI=1S/C36H38N4O4/c1-3-5-6-7-12-22-36(35(37,38)21-4-2,39-31(41)27-19-17-23-13-8-10-15-25(23)29(27)33(39)43)40-32(42)28-20-18-24-14-9-11-16-26(24)30(28)34(40)44/h8-11,13-20H,3-7,12,21-22,37-38H2,1-2H3. The molecule has 0 bridgehead atoms. The molecular weight excluding hydrogens is 552 g/mol. The van der Waals surface area contributed by atoms with Crippen LogP contribution in [0.15, 0.2) is 72.8 Å². The number of hydrogen-bond donors (Lipinski definition) is 2. The topological polar surface area (TPSA) is 127 Å². The Morgan fingerprint density at radius 3 is 1.50 bits per heavy atom. The van der Waals surface area contributed by atoms with Gasteiger partial charge in [-0.25, -0.2) is 9.80 Å². The zero-order valence-electron chi connectivity index (χ0n) is 25.3. The third-order valence-corrected chi connectivity index (χ3v) is 9.34. The quantitative estimate of drug-likeness (QED) is 0.119. The first-order chi connectivity index (χ1) is 21.2. The highest BCUT2D eigenvalue weighted by Crippen LogP contribution is 2.46. The normalized spacial score (nSPS) is 15.2. The Morgan fingerprint density at radius 1 is 0.545 bits per heavy atom. The fourth-order valence-electron chi connectivity index (χ4n) is 7.24. The molecule has 0 aliphatic carbocycles. The van der Waals surface area contributed by atoms with Gasteiger partial charge in [0.1, 0.15) is 5.66 Å². The van der Waals surface area contributed by atoms with E-state index in [2.05, 4.69) is 6.92 Å². The van der Waals surface area contributed by atoms with E-state index in [1.165, 1.54) is 0 Å². The van der Waals surface area contributed by atoms with Crippen LogP contribution in [0.25, 0.3) is 21.5 Å². The minimum atomic E-state index is -1.96. The molecular formula is C36H38N4O4. The van der Waals surface area contributed by atoms with Crippen molar-refractivity contribution in [1.29, 1.82) is 0 Å². The Kier molecular flexibility index (Phi) is 7.59. The molecule has 4 amide bonds. The second-order valence-corrected chi connectivity index (χ2v) is 12.1. The number of imide groups is 2. The van der Waals surface area contributed by atoms with Crippen LogP contribution in [0.3, 0.4) is 0 Å². The predicted octanol–water partition coefficient (Wildman–Crippen LogP) is 6.36. The summed E-state index contributed by atoms with van der Waals surface area (Å²) >= 11 is 0. The Morgan fingerprint density at radius 2 is 1.02 bits per heavy atom. The summed E-state index contributed by atoms with van der Waals surface area (Å²) < 4.78 is 0. The van der Waals surface area contributed by atoms with Crippen molar-refractivity contribution in [2.75, 3.05) is 0 Å². The van der Waals surface area contributed by atoms with Gasteiger partial charge in [-0.1, -0.05) is 107 Å². The van der Waals surface area contributed by atoms with E-state index in [9.17, 15) is 19.2 Å². The van der Waals surface area contributed by atoms with E-state index in [4.69, 9.17) is 11.5 Å². The van der Waals surface area contributed by atoms with Crippen LogP contribution < -0.4 is 11.5 Å². The highest BCUT2D eigenvalue weighted by Gasteiger charge is 2.65. The second kappa shape index (κ2) is 11.3. The molecule has 8 heteroatoms. The summed E-state index contributed by atoms with van der Waals surface area (Å²) in [6, 6.07) is 21.6. The number of hydrogen-bond acceptors (Lipinski definition) is 6. The van der Waals surface area contributed by atoms with E-state index >= 15 is 0 Å². The van der Waals surface area contributed by atoms with Gasteiger partial charge < -0.3 is 11.5 Å². The number of amides is 4. The first-order valence-corrected chi connectivity index (χ1v) is 15.6. The Labute approximate surface area is 257 Å². The van der Waals surface area contributed by atoms with Crippen LogP contribution in [0.2, 0.25) is 0 Å². The van der Waals surface area contributed by atoms with Gasteiger partial charge in [-0.2, -0.15) is 0 Å². The highest BCUT2D eigenvalue weighted by atomic mass is 16.2. The second-order valence-electron chi connectivity index (χ2n) is 12.1.